The van der Waals surface area contributed by atoms with E-state index in [2.05, 4.69) is 71.3 Å². The van der Waals surface area contributed by atoms with Crippen LogP contribution >= 0.6 is 0 Å². The van der Waals surface area contributed by atoms with Crippen LogP contribution < -0.4 is 15.4 Å². The lowest BCUT2D eigenvalue weighted by atomic mass is 10.0. The molecule has 3 nitrogen and oxygen atoms in total. The van der Waals surface area contributed by atoms with Gasteiger partial charge in [-0.05, 0) is 36.1 Å². The summed E-state index contributed by atoms with van der Waals surface area (Å²) in [4.78, 5) is 0. The van der Waals surface area contributed by atoms with Gasteiger partial charge in [0.05, 0.1) is 17.4 Å². The Kier molecular flexibility index (Phi) is 5.06. The third kappa shape index (κ3) is 3.99. The summed E-state index contributed by atoms with van der Waals surface area (Å²) in [6.07, 6.45) is 2.09. The molecule has 1 atom stereocenters. The predicted molar refractivity (Wildman–Crippen MR) is 107 cm³/mol. The van der Waals surface area contributed by atoms with Crippen molar-refractivity contribution in [3.05, 3.63) is 90.0 Å². The zero-order chi connectivity index (χ0) is 17.6. The van der Waals surface area contributed by atoms with Crippen LogP contribution in [0.1, 0.15) is 17.5 Å². The van der Waals surface area contributed by atoms with Gasteiger partial charge in [-0.1, -0.05) is 60.7 Å². The number of nitrogens with one attached hydrogen (secondary N) is 2. The van der Waals surface area contributed by atoms with Crippen molar-refractivity contribution < 1.29 is 4.74 Å². The van der Waals surface area contributed by atoms with E-state index in [0.717, 1.165) is 36.5 Å². The van der Waals surface area contributed by atoms with Crippen LogP contribution in [-0.2, 0) is 13.0 Å². The molecule has 3 aromatic rings. The third-order valence-corrected chi connectivity index (χ3v) is 4.68. The number of fused-ring (bicyclic) bond motifs is 1. The lowest BCUT2D eigenvalue weighted by molar-refractivity contribution is 0.279. The molecule has 0 spiro atoms. The Hall–Kier alpha value is -2.94. The summed E-state index contributed by atoms with van der Waals surface area (Å²) in [5.74, 6) is 0.874. The second-order valence-electron chi connectivity index (χ2n) is 6.61. The van der Waals surface area contributed by atoms with Crippen molar-refractivity contribution in [2.24, 2.45) is 0 Å². The van der Waals surface area contributed by atoms with Gasteiger partial charge in [-0.25, -0.2) is 0 Å². The predicted octanol–water partition coefficient (Wildman–Crippen LogP) is 4.90. The van der Waals surface area contributed by atoms with Crippen LogP contribution in [-0.4, -0.2) is 12.6 Å². The fourth-order valence-corrected chi connectivity index (χ4v) is 3.24. The second kappa shape index (κ2) is 7.96. The van der Waals surface area contributed by atoms with Crippen molar-refractivity contribution >= 4 is 11.4 Å². The summed E-state index contributed by atoms with van der Waals surface area (Å²) in [7, 11) is 0. The van der Waals surface area contributed by atoms with Gasteiger partial charge in [0.25, 0.3) is 0 Å². The first-order chi connectivity index (χ1) is 12.9. The van der Waals surface area contributed by atoms with Gasteiger partial charge in [-0.3, -0.25) is 0 Å². The molecule has 2 N–H and O–H groups in total. The minimum absolute atomic E-state index is 0.309. The number of benzene rings is 3. The van der Waals surface area contributed by atoms with Gasteiger partial charge >= 0.3 is 0 Å². The SMILES string of the molecule is [c]1ccc(NCc2ccccc2)c2c1NC(CCc1ccccc1)CO2. The van der Waals surface area contributed by atoms with Gasteiger partial charge in [0.15, 0.2) is 5.75 Å². The molecule has 131 valence electrons. The smallest absolute Gasteiger partial charge is 0.166 e. The van der Waals surface area contributed by atoms with E-state index in [1.165, 1.54) is 11.1 Å². The van der Waals surface area contributed by atoms with E-state index in [-0.39, 0.29) is 0 Å². The number of ether oxygens (including phenoxy) is 1. The molecule has 1 heterocycles. The molecule has 0 amide bonds. The lowest BCUT2D eigenvalue weighted by Gasteiger charge is -2.29. The van der Waals surface area contributed by atoms with E-state index in [1.807, 2.05) is 18.2 Å². The Morgan fingerprint density at radius 3 is 2.46 bits per heavy atom. The number of hydrogen-bond acceptors (Lipinski definition) is 3. The monoisotopic (exact) mass is 343 g/mol. The van der Waals surface area contributed by atoms with Gasteiger partial charge < -0.3 is 15.4 Å². The van der Waals surface area contributed by atoms with Crippen molar-refractivity contribution in [1.82, 2.24) is 0 Å². The molecular weight excluding hydrogens is 320 g/mol. The van der Waals surface area contributed by atoms with Crippen LogP contribution in [0.4, 0.5) is 11.4 Å². The molecule has 3 aromatic carbocycles. The Balaban J connectivity index is 1.38. The highest BCUT2D eigenvalue weighted by atomic mass is 16.5. The molecule has 0 fully saturated rings. The first kappa shape index (κ1) is 16.5. The highest BCUT2D eigenvalue weighted by Gasteiger charge is 2.21. The van der Waals surface area contributed by atoms with Crippen LogP contribution in [0.2, 0.25) is 0 Å². The summed E-state index contributed by atoms with van der Waals surface area (Å²) in [5.41, 5.74) is 4.57. The highest BCUT2D eigenvalue weighted by Crippen LogP contribution is 2.36. The zero-order valence-electron chi connectivity index (χ0n) is 14.7. The van der Waals surface area contributed by atoms with Crippen LogP contribution in [0.3, 0.4) is 0 Å². The van der Waals surface area contributed by atoms with Crippen molar-refractivity contribution in [2.75, 3.05) is 17.2 Å². The highest BCUT2D eigenvalue weighted by molar-refractivity contribution is 5.71. The van der Waals surface area contributed by atoms with Crippen molar-refractivity contribution in [2.45, 2.75) is 25.4 Å². The minimum atomic E-state index is 0.309. The standard InChI is InChI=1S/C23H23N2O/c1-3-8-18(9-4-1)14-15-20-17-26-23-21(12-7-13-22(23)25-20)24-16-19-10-5-2-6-11-19/h1-12,20,24-25H,14-17H2. The van der Waals surface area contributed by atoms with Crippen LogP contribution in [0.5, 0.6) is 5.75 Å². The number of anilines is 2. The van der Waals surface area contributed by atoms with Crippen LogP contribution in [0, 0.1) is 6.07 Å². The molecule has 0 aromatic heterocycles. The Labute approximate surface area is 155 Å². The van der Waals surface area contributed by atoms with Crippen molar-refractivity contribution in [3.63, 3.8) is 0 Å². The molecule has 26 heavy (non-hydrogen) atoms. The molecule has 1 unspecified atom stereocenters. The lowest BCUT2D eigenvalue weighted by Crippen LogP contribution is -2.32. The zero-order valence-corrected chi connectivity index (χ0v) is 14.7. The topological polar surface area (TPSA) is 33.3 Å². The van der Waals surface area contributed by atoms with E-state index in [1.54, 1.807) is 0 Å². The Bertz CT molecular complexity index is 833. The molecule has 0 saturated heterocycles. The van der Waals surface area contributed by atoms with Crippen LogP contribution in [0.15, 0.2) is 72.8 Å². The summed E-state index contributed by atoms with van der Waals surface area (Å²) in [5, 5.41) is 7.06. The van der Waals surface area contributed by atoms with E-state index >= 15 is 0 Å². The molecule has 0 bridgehead atoms. The van der Waals surface area contributed by atoms with Crippen LogP contribution in [0.25, 0.3) is 0 Å². The fraction of sp³-hybridized carbons (Fsp3) is 0.217. The molecule has 1 radical (unpaired) electrons. The van der Waals surface area contributed by atoms with E-state index < -0.39 is 0 Å². The number of hydrogen-bond donors (Lipinski definition) is 2. The molecule has 0 saturated carbocycles. The minimum Gasteiger partial charge on any atom is -0.487 e. The average molecular weight is 343 g/mol. The molecule has 1 aliphatic heterocycles. The first-order valence-electron chi connectivity index (χ1n) is 9.14. The summed E-state index contributed by atoms with van der Waals surface area (Å²) >= 11 is 0. The molecule has 4 rings (SSSR count). The third-order valence-electron chi connectivity index (χ3n) is 4.68. The van der Waals surface area contributed by atoms with Gasteiger partial charge in [-0.2, -0.15) is 0 Å². The molecule has 0 aliphatic carbocycles. The van der Waals surface area contributed by atoms with E-state index in [0.29, 0.717) is 12.6 Å². The largest absolute Gasteiger partial charge is 0.487 e. The van der Waals surface area contributed by atoms with Gasteiger partial charge in [-0.15, -0.1) is 0 Å². The number of rotatable bonds is 6. The second-order valence-corrected chi connectivity index (χ2v) is 6.61. The molecule has 3 heteroatoms. The summed E-state index contributed by atoms with van der Waals surface area (Å²) in [6.45, 7) is 1.45. The average Bonchev–Trinajstić information content (AvgIpc) is 2.72. The molecular formula is C23H23N2O. The maximum atomic E-state index is 6.09. The van der Waals surface area contributed by atoms with Gasteiger partial charge in [0, 0.05) is 12.6 Å². The summed E-state index contributed by atoms with van der Waals surface area (Å²) in [6, 6.07) is 28.5. The Morgan fingerprint density at radius 1 is 0.962 bits per heavy atom. The summed E-state index contributed by atoms with van der Waals surface area (Å²) < 4.78 is 6.09. The van der Waals surface area contributed by atoms with Gasteiger partial charge in [0.2, 0.25) is 0 Å². The molecule has 1 aliphatic rings. The Morgan fingerprint density at radius 2 is 1.69 bits per heavy atom. The quantitative estimate of drug-likeness (QED) is 0.667. The maximum absolute atomic E-state index is 6.09. The number of aryl methyl sites for hydroxylation is 1. The van der Waals surface area contributed by atoms with Crippen molar-refractivity contribution in [1.29, 1.82) is 0 Å². The van der Waals surface area contributed by atoms with Gasteiger partial charge in [0.1, 0.15) is 6.61 Å². The normalized spacial score (nSPS) is 15.5. The van der Waals surface area contributed by atoms with Crippen molar-refractivity contribution in [3.8, 4) is 5.75 Å². The van der Waals surface area contributed by atoms with E-state index in [4.69, 9.17) is 4.74 Å². The fourth-order valence-electron chi connectivity index (χ4n) is 3.24. The first-order valence-corrected chi connectivity index (χ1v) is 9.14. The van der Waals surface area contributed by atoms with E-state index in [9.17, 15) is 0 Å². The maximum Gasteiger partial charge on any atom is 0.166 e.